The first-order chi connectivity index (χ1) is 15.5. The van der Waals surface area contributed by atoms with Crippen LogP contribution in [0.4, 0.5) is 20.4 Å². The summed E-state index contributed by atoms with van der Waals surface area (Å²) in [6.45, 7) is 3.31. The van der Waals surface area contributed by atoms with Crippen LogP contribution in [-0.2, 0) is 11.3 Å². The SMILES string of the molecule is CC(=O)N1C=Cc2nc(N3CCC(Oc4ccc(F)cc4F)CC3)c(NC3CC3)nc2C1. The molecule has 1 saturated carbocycles. The molecule has 7 nitrogen and oxygen atoms in total. The normalized spacial score (nSPS) is 18.5. The van der Waals surface area contributed by atoms with Gasteiger partial charge in [0.1, 0.15) is 11.9 Å². The molecule has 0 atom stereocenters. The zero-order chi connectivity index (χ0) is 22.2. The second-order valence-electron chi connectivity index (χ2n) is 8.49. The topological polar surface area (TPSA) is 70.6 Å². The Balaban J connectivity index is 1.32. The van der Waals surface area contributed by atoms with Gasteiger partial charge >= 0.3 is 0 Å². The first kappa shape index (κ1) is 20.7. The largest absolute Gasteiger partial charge is 0.487 e. The third-order valence-corrected chi connectivity index (χ3v) is 5.96. The predicted molar refractivity (Wildman–Crippen MR) is 116 cm³/mol. The van der Waals surface area contributed by atoms with Crippen molar-refractivity contribution in [2.24, 2.45) is 0 Å². The number of ether oxygens (including phenoxy) is 1. The van der Waals surface area contributed by atoms with Gasteiger partial charge in [-0.05, 0) is 31.1 Å². The molecule has 1 amide bonds. The van der Waals surface area contributed by atoms with Crippen molar-refractivity contribution in [1.29, 1.82) is 0 Å². The summed E-state index contributed by atoms with van der Waals surface area (Å²) >= 11 is 0. The van der Waals surface area contributed by atoms with Gasteiger partial charge < -0.3 is 19.9 Å². The fourth-order valence-corrected chi connectivity index (χ4v) is 3.99. The Kier molecular flexibility index (Phi) is 5.40. The van der Waals surface area contributed by atoms with Gasteiger partial charge in [0.2, 0.25) is 5.91 Å². The highest BCUT2D eigenvalue weighted by atomic mass is 19.1. The van der Waals surface area contributed by atoms with Crippen molar-refractivity contribution in [2.75, 3.05) is 23.3 Å². The number of fused-ring (bicyclic) bond motifs is 1. The molecule has 0 unspecified atom stereocenters. The van der Waals surface area contributed by atoms with Crippen molar-refractivity contribution in [3.63, 3.8) is 0 Å². The first-order valence-electron chi connectivity index (χ1n) is 11.0. The molecule has 2 aromatic rings. The summed E-state index contributed by atoms with van der Waals surface area (Å²) in [5.74, 6) is 0.280. The summed E-state index contributed by atoms with van der Waals surface area (Å²) in [7, 11) is 0. The van der Waals surface area contributed by atoms with Gasteiger partial charge in [-0.1, -0.05) is 0 Å². The maximum Gasteiger partial charge on any atom is 0.223 e. The van der Waals surface area contributed by atoms with Gasteiger partial charge in [0.05, 0.1) is 17.9 Å². The predicted octanol–water partition coefficient (Wildman–Crippen LogP) is 3.71. The van der Waals surface area contributed by atoms with E-state index in [-0.39, 0.29) is 17.8 Å². The van der Waals surface area contributed by atoms with E-state index in [1.165, 1.54) is 19.1 Å². The summed E-state index contributed by atoms with van der Waals surface area (Å²) in [5.41, 5.74) is 1.55. The number of piperidine rings is 1. The average molecular weight is 441 g/mol. The molecule has 1 aromatic heterocycles. The molecular weight excluding hydrogens is 416 g/mol. The van der Waals surface area contributed by atoms with Crippen LogP contribution in [0.15, 0.2) is 24.4 Å². The van der Waals surface area contributed by atoms with Gasteiger partial charge in [-0.15, -0.1) is 0 Å². The van der Waals surface area contributed by atoms with Crippen LogP contribution in [-0.4, -0.2) is 46.0 Å². The van der Waals surface area contributed by atoms with E-state index in [0.29, 0.717) is 38.5 Å². The molecule has 3 aliphatic rings. The number of nitrogens with zero attached hydrogens (tertiary/aromatic N) is 4. The lowest BCUT2D eigenvalue weighted by molar-refractivity contribution is -0.126. The Morgan fingerprint density at radius 2 is 1.94 bits per heavy atom. The average Bonchev–Trinajstić information content (AvgIpc) is 3.59. The molecule has 2 aliphatic heterocycles. The molecular formula is C23H25F2N5O2. The lowest BCUT2D eigenvalue weighted by atomic mass is 10.1. The summed E-state index contributed by atoms with van der Waals surface area (Å²) in [6.07, 6.45) is 7.01. The Labute approximate surface area is 185 Å². The number of amides is 1. The molecule has 1 aromatic carbocycles. The smallest absolute Gasteiger partial charge is 0.223 e. The van der Waals surface area contributed by atoms with Crippen molar-refractivity contribution < 1.29 is 18.3 Å². The van der Waals surface area contributed by atoms with Crippen LogP contribution in [0.25, 0.3) is 6.08 Å². The Hall–Kier alpha value is -3.23. The summed E-state index contributed by atoms with van der Waals surface area (Å²) in [6, 6.07) is 3.78. The molecule has 0 spiro atoms. The number of carbonyl (C=O) groups is 1. The van der Waals surface area contributed by atoms with E-state index in [1.807, 2.05) is 6.08 Å². The molecule has 0 bridgehead atoms. The van der Waals surface area contributed by atoms with E-state index in [2.05, 4.69) is 10.2 Å². The molecule has 1 aliphatic carbocycles. The lowest BCUT2D eigenvalue weighted by Crippen LogP contribution is -2.39. The minimum atomic E-state index is -0.685. The number of hydrogen-bond donors (Lipinski definition) is 1. The minimum Gasteiger partial charge on any atom is -0.487 e. The first-order valence-corrected chi connectivity index (χ1v) is 11.0. The molecule has 168 valence electrons. The summed E-state index contributed by atoms with van der Waals surface area (Å²) in [4.78, 5) is 25.2. The number of benzene rings is 1. The second kappa shape index (κ2) is 8.37. The number of aromatic nitrogens is 2. The molecule has 1 saturated heterocycles. The van der Waals surface area contributed by atoms with E-state index >= 15 is 0 Å². The highest BCUT2D eigenvalue weighted by Gasteiger charge is 2.29. The van der Waals surface area contributed by atoms with E-state index in [4.69, 9.17) is 14.7 Å². The molecule has 2 fully saturated rings. The van der Waals surface area contributed by atoms with Crippen molar-refractivity contribution in [2.45, 2.75) is 51.3 Å². The molecule has 1 N–H and O–H groups in total. The van der Waals surface area contributed by atoms with Crippen molar-refractivity contribution >= 4 is 23.6 Å². The Morgan fingerprint density at radius 1 is 1.16 bits per heavy atom. The van der Waals surface area contributed by atoms with Gasteiger partial charge in [-0.25, -0.2) is 18.7 Å². The van der Waals surface area contributed by atoms with Crippen molar-refractivity contribution in [3.05, 3.63) is 47.4 Å². The molecule has 5 rings (SSSR count). The summed E-state index contributed by atoms with van der Waals surface area (Å²) in [5, 5.41) is 3.48. The maximum atomic E-state index is 13.9. The van der Waals surface area contributed by atoms with Crippen LogP contribution < -0.4 is 15.0 Å². The number of anilines is 2. The van der Waals surface area contributed by atoms with Crippen LogP contribution in [0, 0.1) is 11.6 Å². The fourth-order valence-electron chi connectivity index (χ4n) is 3.99. The highest BCUT2D eigenvalue weighted by Crippen LogP contribution is 2.33. The Bertz CT molecular complexity index is 1060. The van der Waals surface area contributed by atoms with E-state index in [0.717, 1.165) is 41.9 Å². The fraction of sp³-hybridized carbons (Fsp3) is 0.435. The van der Waals surface area contributed by atoms with Gasteiger partial charge in [-0.2, -0.15) is 0 Å². The van der Waals surface area contributed by atoms with Crippen LogP contribution in [0.5, 0.6) is 5.75 Å². The Morgan fingerprint density at radius 3 is 2.62 bits per heavy atom. The van der Waals surface area contributed by atoms with Crippen molar-refractivity contribution in [3.8, 4) is 5.75 Å². The standard InChI is InChI=1S/C23H25F2N5O2/c1-14(31)30-11-8-19-20(13-30)27-22(26-16-3-4-16)23(28-19)29-9-6-17(7-10-29)32-21-5-2-15(24)12-18(21)25/h2,5,8,11-12,16-17H,3-4,6-7,9-10,13H2,1H3,(H,26,27). The lowest BCUT2D eigenvalue weighted by Gasteiger charge is -2.34. The molecule has 32 heavy (non-hydrogen) atoms. The second-order valence-corrected chi connectivity index (χ2v) is 8.49. The monoisotopic (exact) mass is 441 g/mol. The van der Waals surface area contributed by atoms with Crippen LogP contribution in [0.3, 0.4) is 0 Å². The maximum absolute atomic E-state index is 13.9. The number of hydrogen-bond acceptors (Lipinski definition) is 6. The number of carbonyl (C=O) groups excluding carboxylic acids is 1. The molecule has 9 heteroatoms. The van der Waals surface area contributed by atoms with Crippen LogP contribution in [0.1, 0.15) is 44.0 Å². The van der Waals surface area contributed by atoms with E-state index in [9.17, 15) is 13.6 Å². The van der Waals surface area contributed by atoms with Gasteiger partial charge in [0, 0.05) is 51.2 Å². The van der Waals surface area contributed by atoms with Gasteiger partial charge in [0.15, 0.2) is 23.2 Å². The van der Waals surface area contributed by atoms with Crippen LogP contribution >= 0.6 is 0 Å². The van der Waals surface area contributed by atoms with Gasteiger partial charge in [-0.3, -0.25) is 4.79 Å². The third kappa shape index (κ3) is 4.37. The van der Waals surface area contributed by atoms with Crippen molar-refractivity contribution in [1.82, 2.24) is 14.9 Å². The van der Waals surface area contributed by atoms with Gasteiger partial charge in [0.25, 0.3) is 0 Å². The highest BCUT2D eigenvalue weighted by molar-refractivity contribution is 5.77. The number of nitrogens with one attached hydrogen (secondary N) is 1. The number of halogens is 2. The number of rotatable bonds is 5. The molecule has 3 heterocycles. The minimum absolute atomic E-state index is 0.0332. The zero-order valence-electron chi connectivity index (χ0n) is 17.9. The summed E-state index contributed by atoms with van der Waals surface area (Å²) < 4.78 is 32.9. The zero-order valence-corrected chi connectivity index (χ0v) is 17.9. The quantitative estimate of drug-likeness (QED) is 0.763. The van der Waals surface area contributed by atoms with E-state index < -0.39 is 11.6 Å². The van der Waals surface area contributed by atoms with Crippen LogP contribution in [0.2, 0.25) is 0 Å². The molecule has 0 radical (unpaired) electrons. The van der Waals surface area contributed by atoms with E-state index in [1.54, 1.807) is 11.1 Å². The third-order valence-electron chi connectivity index (χ3n) is 5.96.